The smallest absolute Gasteiger partial charge is 0.341 e. The summed E-state index contributed by atoms with van der Waals surface area (Å²) in [5.74, 6) is -1.19. The summed E-state index contributed by atoms with van der Waals surface area (Å²) in [6, 6.07) is 9.41. The third-order valence-corrected chi connectivity index (χ3v) is 7.77. The predicted octanol–water partition coefficient (Wildman–Crippen LogP) is 2.53. The molecule has 10 heteroatoms. The van der Waals surface area contributed by atoms with E-state index >= 15 is 0 Å². The van der Waals surface area contributed by atoms with E-state index in [1.807, 2.05) is 30.3 Å². The molecule has 30 heavy (non-hydrogen) atoms. The van der Waals surface area contributed by atoms with Crippen LogP contribution in [0.3, 0.4) is 0 Å². The molecule has 0 saturated carbocycles. The molecule has 0 fully saturated rings. The molecule has 1 unspecified atom stereocenters. The molecular formula is C20H20N2O6S2. The quantitative estimate of drug-likeness (QED) is 0.704. The molecule has 4 rings (SSSR count). The van der Waals surface area contributed by atoms with E-state index in [0.29, 0.717) is 22.6 Å². The lowest BCUT2D eigenvalue weighted by Gasteiger charge is -2.13. The zero-order valence-corrected chi connectivity index (χ0v) is 17.8. The van der Waals surface area contributed by atoms with Crippen molar-refractivity contribution in [2.24, 2.45) is 5.16 Å². The van der Waals surface area contributed by atoms with E-state index in [9.17, 15) is 18.0 Å². The number of benzene rings is 1. The number of hydrogen-bond donors (Lipinski definition) is 1. The third kappa shape index (κ3) is 4.10. The lowest BCUT2D eigenvalue weighted by atomic mass is 10.0. The normalized spacial score (nSPS) is 19.4. The molecule has 1 N–H and O–H groups in total. The summed E-state index contributed by atoms with van der Waals surface area (Å²) >= 11 is 1.10. The molecule has 0 aliphatic carbocycles. The second-order valence-electron chi connectivity index (χ2n) is 6.96. The summed E-state index contributed by atoms with van der Waals surface area (Å²) in [6.07, 6.45) is -0.318. The van der Waals surface area contributed by atoms with E-state index in [1.165, 1.54) is 0 Å². The van der Waals surface area contributed by atoms with Crippen LogP contribution in [0.15, 0.2) is 35.5 Å². The Morgan fingerprint density at radius 2 is 2.07 bits per heavy atom. The Morgan fingerprint density at radius 3 is 2.80 bits per heavy atom. The maximum absolute atomic E-state index is 12.8. The molecule has 158 valence electrons. The zero-order chi connectivity index (χ0) is 21.3. The first-order chi connectivity index (χ1) is 14.4. The number of nitrogens with zero attached hydrogens (tertiary/aromatic N) is 1. The van der Waals surface area contributed by atoms with Crippen molar-refractivity contribution >= 4 is 43.8 Å². The Kier molecular flexibility index (Phi) is 5.61. The highest BCUT2D eigenvalue weighted by molar-refractivity contribution is 7.90. The third-order valence-electron chi connectivity index (χ3n) is 4.89. The number of esters is 1. The van der Waals surface area contributed by atoms with E-state index < -0.39 is 27.8 Å². The van der Waals surface area contributed by atoms with Crippen molar-refractivity contribution in [1.29, 1.82) is 0 Å². The Labute approximate surface area is 177 Å². The number of ether oxygens (including phenoxy) is 1. The number of fused-ring (bicyclic) bond motifs is 1. The molecule has 1 aromatic carbocycles. The van der Waals surface area contributed by atoms with Crippen molar-refractivity contribution in [1.82, 2.24) is 0 Å². The van der Waals surface area contributed by atoms with Crippen LogP contribution >= 0.6 is 11.3 Å². The summed E-state index contributed by atoms with van der Waals surface area (Å²) < 4.78 is 29.1. The average molecular weight is 449 g/mol. The summed E-state index contributed by atoms with van der Waals surface area (Å²) in [6.45, 7) is 1.86. The van der Waals surface area contributed by atoms with Crippen LogP contribution in [0.5, 0.6) is 0 Å². The number of nitrogens with one attached hydrogen (secondary N) is 1. The van der Waals surface area contributed by atoms with Crippen molar-refractivity contribution < 1.29 is 27.6 Å². The Bertz CT molecular complexity index is 1120. The van der Waals surface area contributed by atoms with Crippen LogP contribution < -0.4 is 5.32 Å². The number of sulfone groups is 1. The number of carbonyl (C=O) groups excluding carboxylic acids is 2. The van der Waals surface area contributed by atoms with Gasteiger partial charge in [0.15, 0.2) is 9.84 Å². The van der Waals surface area contributed by atoms with Crippen molar-refractivity contribution in [2.75, 3.05) is 17.7 Å². The zero-order valence-electron chi connectivity index (χ0n) is 16.2. The van der Waals surface area contributed by atoms with Gasteiger partial charge in [-0.3, -0.25) is 4.79 Å². The summed E-state index contributed by atoms with van der Waals surface area (Å²) in [7, 11) is -3.22. The van der Waals surface area contributed by atoms with E-state index in [-0.39, 0.29) is 35.1 Å². The minimum atomic E-state index is -3.22. The summed E-state index contributed by atoms with van der Waals surface area (Å²) in [5, 5.41) is 7.03. The minimum absolute atomic E-state index is 0.0312. The van der Waals surface area contributed by atoms with E-state index in [1.54, 1.807) is 6.92 Å². The summed E-state index contributed by atoms with van der Waals surface area (Å²) in [4.78, 5) is 31.2. The maximum atomic E-state index is 12.8. The number of rotatable bonds is 5. The lowest BCUT2D eigenvalue weighted by Crippen LogP contribution is -2.28. The predicted molar refractivity (Wildman–Crippen MR) is 113 cm³/mol. The second-order valence-corrected chi connectivity index (χ2v) is 10.3. The molecule has 1 atom stereocenters. The van der Waals surface area contributed by atoms with Crippen molar-refractivity contribution in [3.8, 4) is 0 Å². The van der Waals surface area contributed by atoms with Gasteiger partial charge in [-0.25, -0.2) is 13.2 Å². The molecule has 2 aliphatic rings. The first kappa shape index (κ1) is 20.5. The number of amides is 1. The van der Waals surface area contributed by atoms with Crippen molar-refractivity contribution in [2.45, 2.75) is 31.6 Å². The largest absolute Gasteiger partial charge is 0.462 e. The molecular weight excluding hydrogens is 428 g/mol. The van der Waals surface area contributed by atoms with Crippen molar-refractivity contribution in [3.05, 3.63) is 51.9 Å². The van der Waals surface area contributed by atoms with Crippen LogP contribution in [0.25, 0.3) is 0 Å². The minimum Gasteiger partial charge on any atom is -0.462 e. The topological polar surface area (TPSA) is 111 Å². The highest BCUT2D eigenvalue weighted by Crippen LogP contribution is 2.38. The monoisotopic (exact) mass is 448 g/mol. The van der Waals surface area contributed by atoms with Gasteiger partial charge in [0.1, 0.15) is 5.00 Å². The first-order valence-corrected chi connectivity index (χ1v) is 12.1. The molecule has 2 aromatic rings. The Hall–Kier alpha value is -2.72. The standard InChI is InChI=1S/C20H20N2O6S2/c1-2-27-20(24)17-13-8-9-30(25,26)11-16(13)29-19(17)21-18(23)15-10-14(22-28-15)12-6-4-3-5-7-12/h3-7,15H,2,8-11H2,1H3,(H,21,23). The van der Waals surface area contributed by atoms with E-state index in [2.05, 4.69) is 10.5 Å². The number of thiophene rings is 1. The Balaban J connectivity index is 1.55. The molecule has 0 saturated heterocycles. The molecule has 0 bridgehead atoms. The Morgan fingerprint density at radius 1 is 1.30 bits per heavy atom. The first-order valence-electron chi connectivity index (χ1n) is 9.49. The average Bonchev–Trinajstić information content (AvgIpc) is 3.32. The number of anilines is 1. The highest BCUT2D eigenvalue weighted by Gasteiger charge is 2.34. The number of carbonyl (C=O) groups is 2. The van der Waals surface area contributed by atoms with Gasteiger partial charge in [-0.15, -0.1) is 11.3 Å². The SMILES string of the molecule is CCOC(=O)c1c(NC(=O)C2CC(c3ccccc3)=NO2)sc2c1CCS(=O)(=O)C2. The van der Waals surface area contributed by atoms with Gasteiger partial charge < -0.3 is 14.9 Å². The van der Waals surface area contributed by atoms with Gasteiger partial charge in [0.2, 0.25) is 6.10 Å². The van der Waals surface area contributed by atoms with Gasteiger partial charge in [0.05, 0.1) is 29.4 Å². The molecule has 0 radical (unpaired) electrons. The van der Waals surface area contributed by atoms with Gasteiger partial charge >= 0.3 is 5.97 Å². The highest BCUT2D eigenvalue weighted by atomic mass is 32.2. The fraction of sp³-hybridized carbons (Fsp3) is 0.350. The fourth-order valence-electron chi connectivity index (χ4n) is 3.44. The van der Waals surface area contributed by atoms with Crippen LogP contribution in [0.1, 0.15) is 39.7 Å². The van der Waals surface area contributed by atoms with Gasteiger partial charge in [0.25, 0.3) is 5.91 Å². The fourth-order valence-corrected chi connectivity index (χ4v) is 6.48. The lowest BCUT2D eigenvalue weighted by molar-refractivity contribution is -0.125. The van der Waals surface area contributed by atoms with Crippen LogP contribution in [0, 0.1) is 0 Å². The van der Waals surface area contributed by atoms with Gasteiger partial charge in [-0.2, -0.15) is 0 Å². The second kappa shape index (κ2) is 8.19. The molecule has 0 spiro atoms. The van der Waals surface area contributed by atoms with Crippen molar-refractivity contribution in [3.63, 3.8) is 0 Å². The molecule has 2 aliphatic heterocycles. The molecule has 1 amide bonds. The number of oxime groups is 1. The summed E-state index contributed by atoms with van der Waals surface area (Å²) in [5.41, 5.74) is 2.41. The van der Waals surface area contributed by atoms with Gasteiger partial charge in [-0.05, 0) is 24.5 Å². The van der Waals surface area contributed by atoms with Gasteiger partial charge in [0, 0.05) is 11.3 Å². The van der Waals surface area contributed by atoms with E-state index in [0.717, 1.165) is 16.9 Å². The molecule has 1 aromatic heterocycles. The van der Waals surface area contributed by atoms with Crippen LogP contribution in [0.4, 0.5) is 5.00 Å². The van der Waals surface area contributed by atoms with Crippen LogP contribution in [-0.4, -0.2) is 44.5 Å². The van der Waals surface area contributed by atoms with E-state index in [4.69, 9.17) is 9.57 Å². The number of hydrogen-bond acceptors (Lipinski definition) is 8. The van der Waals surface area contributed by atoms with Crippen LogP contribution in [0.2, 0.25) is 0 Å². The maximum Gasteiger partial charge on any atom is 0.341 e. The van der Waals surface area contributed by atoms with Crippen LogP contribution in [-0.2, 0) is 36.4 Å². The molecule has 8 nitrogen and oxygen atoms in total. The molecule has 3 heterocycles. The van der Waals surface area contributed by atoms with Gasteiger partial charge in [-0.1, -0.05) is 35.5 Å².